The quantitative estimate of drug-likeness (QED) is 0.682. The highest BCUT2D eigenvalue weighted by atomic mass is 16.5. The molecule has 3 rings (SSSR count). The van der Waals surface area contributed by atoms with Gasteiger partial charge in [0.25, 0.3) is 0 Å². The average molecular weight is 415 g/mol. The Balaban J connectivity index is 1.95. The number of aromatic amines is 1. The van der Waals surface area contributed by atoms with E-state index in [-0.39, 0.29) is 17.8 Å². The molecule has 1 aromatic heterocycles. The van der Waals surface area contributed by atoms with Gasteiger partial charge in [-0.05, 0) is 55.9 Å². The lowest BCUT2D eigenvalue weighted by atomic mass is 9.81. The summed E-state index contributed by atoms with van der Waals surface area (Å²) in [6, 6.07) is 3.75. The molecule has 0 saturated carbocycles. The van der Waals surface area contributed by atoms with Gasteiger partial charge in [0, 0.05) is 17.7 Å². The van der Waals surface area contributed by atoms with Crippen LogP contribution >= 0.6 is 0 Å². The van der Waals surface area contributed by atoms with Gasteiger partial charge in [-0.15, -0.1) is 0 Å². The predicted molar refractivity (Wildman–Crippen MR) is 112 cm³/mol. The second-order valence-corrected chi connectivity index (χ2v) is 7.59. The number of rotatable bonds is 7. The summed E-state index contributed by atoms with van der Waals surface area (Å²) in [5.41, 5.74) is 3.30. The molecule has 0 bridgehead atoms. The van der Waals surface area contributed by atoms with Crippen LogP contribution in [-0.4, -0.2) is 44.2 Å². The van der Waals surface area contributed by atoms with Crippen molar-refractivity contribution in [1.82, 2.24) is 4.98 Å². The summed E-state index contributed by atoms with van der Waals surface area (Å²) in [5, 5.41) is 0. The zero-order valence-corrected chi connectivity index (χ0v) is 18.4. The first-order chi connectivity index (χ1) is 14.3. The Labute approximate surface area is 176 Å². The fraction of sp³-hybridized carbons (Fsp3) is 0.478. The highest BCUT2D eigenvalue weighted by Gasteiger charge is 2.33. The van der Waals surface area contributed by atoms with E-state index in [1.807, 2.05) is 26.0 Å². The highest BCUT2D eigenvalue weighted by Crippen LogP contribution is 2.43. The fourth-order valence-corrected chi connectivity index (χ4v) is 3.94. The van der Waals surface area contributed by atoms with E-state index in [1.54, 1.807) is 28.3 Å². The Kier molecular flexibility index (Phi) is 6.39. The number of nitrogens with one attached hydrogen (secondary N) is 1. The van der Waals surface area contributed by atoms with Crippen LogP contribution in [-0.2, 0) is 11.2 Å². The summed E-state index contributed by atoms with van der Waals surface area (Å²) in [6.45, 7) is 5.60. The van der Waals surface area contributed by atoms with Crippen LogP contribution in [0, 0.1) is 6.92 Å². The Bertz CT molecular complexity index is 936. The topological polar surface area (TPSA) is 86.9 Å². The number of hydrogen-bond donors (Lipinski definition) is 1. The van der Waals surface area contributed by atoms with Crippen LogP contribution in [0.4, 0.5) is 0 Å². The number of hydrogen-bond acceptors (Lipinski definition) is 6. The molecule has 30 heavy (non-hydrogen) atoms. The van der Waals surface area contributed by atoms with Gasteiger partial charge in [0.05, 0.1) is 27.4 Å². The van der Waals surface area contributed by atoms with Gasteiger partial charge in [0.15, 0.2) is 17.3 Å². The third kappa shape index (κ3) is 3.88. The number of carbonyl (C=O) groups excluding carboxylic acids is 2. The summed E-state index contributed by atoms with van der Waals surface area (Å²) in [4.78, 5) is 28.7. The Morgan fingerprint density at radius 2 is 1.77 bits per heavy atom. The molecule has 0 aliphatic heterocycles. The molecule has 2 atom stereocenters. The first-order valence-electron chi connectivity index (χ1n) is 10.1. The van der Waals surface area contributed by atoms with Crippen LogP contribution in [0.25, 0.3) is 0 Å². The van der Waals surface area contributed by atoms with E-state index >= 15 is 0 Å². The third-order valence-electron chi connectivity index (χ3n) is 5.73. The molecule has 0 fully saturated rings. The van der Waals surface area contributed by atoms with Crippen LogP contribution in [0.3, 0.4) is 0 Å². The molecule has 0 spiro atoms. The number of aromatic nitrogens is 1. The van der Waals surface area contributed by atoms with Gasteiger partial charge in [0.2, 0.25) is 5.75 Å². The summed E-state index contributed by atoms with van der Waals surface area (Å²) in [6.07, 6.45) is 1.48. The Hall–Kier alpha value is -2.96. The lowest BCUT2D eigenvalue weighted by Crippen LogP contribution is -2.19. The molecule has 0 radical (unpaired) electrons. The van der Waals surface area contributed by atoms with E-state index in [0.717, 1.165) is 17.7 Å². The molecule has 0 unspecified atom stereocenters. The predicted octanol–water partition coefficient (Wildman–Crippen LogP) is 4.22. The molecule has 1 aliphatic rings. The lowest BCUT2D eigenvalue weighted by molar-refractivity contribution is 0.0327. The first kappa shape index (κ1) is 21.7. The number of esters is 1. The number of Topliss-reactive ketones (excluding diaryl/α,β-unsaturated/α-hetero) is 1. The van der Waals surface area contributed by atoms with Crippen molar-refractivity contribution in [3.8, 4) is 17.2 Å². The van der Waals surface area contributed by atoms with Gasteiger partial charge in [-0.2, -0.15) is 0 Å². The maximum absolute atomic E-state index is 13.0. The maximum Gasteiger partial charge on any atom is 0.355 e. The molecule has 1 N–H and O–H groups in total. The molecule has 2 aromatic rings. The summed E-state index contributed by atoms with van der Waals surface area (Å²) in [5.74, 6) is 1.11. The van der Waals surface area contributed by atoms with Gasteiger partial charge < -0.3 is 23.9 Å². The van der Waals surface area contributed by atoms with E-state index in [1.165, 1.54) is 0 Å². The van der Waals surface area contributed by atoms with Crippen LogP contribution in [0.5, 0.6) is 17.2 Å². The minimum Gasteiger partial charge on any atom is -0.493 e. The number of ketones is 1. The minimum absolute atomic E-state index is 0.00587. The van der Waals surface area contributed by atoms with Crippen LogP contribution < -0.4 is 14.2 Å². The first-order valence-corrected chi connectivity index (χ1v) is 10.1. The smallest absolute Gasteiger partial charge is 0.355 e. The number of H-pyrrole nitrogens is 1. The second kappa shape index (κ2) is 8.81. The van der Waals surface area contributed by atoms with Crippen molar-refractivity contribution in [2.75, 3.05) is 21.3 Å². The number of benzene rings is 1. The summed E-state index contributed by atoms with van der Waals surface area (Å²) < 4.78 is 21.7. The van der Waals surface area contributed by atoms with Crippen molar-refractivity contribution < 1.29 is 28.5 Å². The molecule has 0 saturated heterocycles. The van der Waals surface area contributed by atoms with Gasteiger partial charge in [-0.25, -0.2) is 4.79 Å². The van der Waals surface area contributed by atoms with Crippen molar-refractivity contribution >= 4 is 11.8 Å². The van der Waals surface area contributed by atoms with Crippen LogP contribution in [0.15, 0.2) is 12.1 Å². The van der Waals surface area contributed by atoms with E-state index in [0.29, 0.717) is 46.9 Å². The average Bonchev–Trinajstić information content (AvgIpc) is 3.09. The van der Waals surface area contributed by atoms with Crippen molar-refractivity contribution in [2.45, 2.75) is 52.1 Å². The molecule has 0 amide bonds. The zero-order chi connectivity index (χ0) is 22.0. The Morgan fingerprint density at radius 1 is 1.13 bits per heavy atom. The zero-order valence-electron chi connectivity index (χ0n) is 18.4. The van der Waals surface area contributed by atoms with E-state index in [2.05, 4.69) is 4.98 Å². The standard InChI is InChI=1S/C23H29NO6/c1-7-12(2)30-23(26)21-13(3)20-16(24-21)8-14(9-17(20)25)15-10-18(27-4)22(29-6)19(11-15)28-5/h10-12,14,24H,7-9H2,1-6H3/t12-,14+/m1/s1. The van der Waals surface area contributed by atoms with E-state index < -0.39 is 5.97 Å². The van der Waals surface area contributed by atoms with Crippen molar-refractivity contribution in [3.05, 3.63) is 40.2 Å². The van der Waals surface area contributed by atoms with Crippen molar-refractivity contribution in [2.24, 2.45) is 0 Å². The van der Waals surface area contributed by atoms with Crippen LogP contribution in [0.2, 0.25) is 0 Å². The van der Waals surface area contributed by atoms with Gasteiger partial charge >= 0.3 is 5.97 Å². The third-order valence-corrected chi connectivity index (χ3v) is 5.73. The van der Waals surface area contributed by atoms with E-state index in [4.69, 9.17) is 18.9 Å². The van der Waals surface area contributed by atoms with E-state index in [9.17, 15) is 9.59 Å². The van der Waals surface area contributed by atoms with Crippen molar-refractivity contribution in [3.63, 3.8) is 0 Å². The molecular weight excluding hydrogens is 386 g/mol. The fourth-order valence-electron chi connectivity index (χ4n) is 3.94. The molecule has 7 nitrogen and oxygen atoms in total. The summed E-state index contributed by atoms with van der Waals surface area (Å²) in [7, 11) is 4.68. The molecule has 1 aliphatic carbocycles. The Morgan fingerprint density at radius 3 is 2.30 bits per heavy atom. The molecule has 162 valence electrons. The summed E-state index contributed by atoms with van der Waals surface area (Å²) >= 11 is 0. The normalized spacial score (nSPS) is 16.6. The lowest BCUT2D eigenvalue weighted by Gasteiger charge is -2.24. The number of methoxy groups -OCH3 is 3. The number of ether oxygens (including phenoxy) is 4. The van der Waals surface area contributed by atoms with Gasteiger partial charge in [-0.1, -0.05) is 6.92 Å². The number of fused-ring (bicyclic) bond motifs is 1. The molecule has 1 aromatic carbocycles. The second-order valence-electron chi connectivity index (χ2n) is 7.59. The number of carbonyl (C=O) groups is 2. The SMILES string of the molecule is CC[C@@H](C)OC(=O)c1[nH]c2c(c1C)C(=O)C[C@@H](c1cc(OC)c(OC)c(OC)c1)C2. The maximum atomic E-state index is 13.0. The minimum atomic E-state index is -0.423. The molecular formula is C23H29NO6. The van der Waals surface area contributed by atoms with Crippen LogP contribution in [0.1, 0.15) is 70.3 Å². The van der Waals surface area contributed by atoms with Crippen molar-refractivity contribution in [1.29, 1.82) is 0 Å². The van der Waals surface area contributed by atoms with Gasteiger partial charge in [-0.3, -0.25) is 4.79 Å². The molecule has 1 heterocycles. The monoisotopic (exact) mass is 415 g/mol. The van der Waals surface area contributed by atoms with Gasteiger partial charge in [0.1, 0.15) is 5.69 Å². The molecule has 7 heteroatoms. The largest absolute Gasteiger partial charge is 0.493 e. The highest BCUT2D eigenvalue weighted by molar-refractivity contribution is 6.03.